The fourth-order valence-electron chi connectivity index (χ4n) is 1.79. The van der Waals surface area contributed by atoms with Gasteiger partial charge in [-0.05, 0) is 25.3 Å². The van der Waals surface area contributed by atoms with Gasteiger partial charge in [-0.25, -0.2) is 0 Å². The van der Waals surface area contributed by atoms with E-state index in [0.717, 1.165) is 5.92 Å². The van der Waals surface area contributed by atoms with Gasteiger partial charge in [0.05, 0.1) is 0 Å². The van der Waals surface area contributed by atoms with Crippen molar-refractivity contribution in [3.8, 4) is 0 Å². The van der Waals surface area contributed by atoms with Gasteiger partial charge in [-0.3, -0.25) is 0 Å². The molecule has 0 aromatic rings. The van der Waals surface area contributed by atoms with Crippen LogP contribution in [-0.4, -0.2) is 12.6 Å². The van der Waals surface area contributed by atoms with Crippen molar-refractivity contribution in [1.82, 2.24) is 5.32 Å². The van der Waals surface area contributed by atoms with Crippen LogP contribution in [0.2, 0.25) is 0 Å². The fraction of sp³-hybridized carbons (Fsp3) is 1.00. The molecule has 1 aliphatic carbocycles. The summed E-state index contributed by atoms with van der Waals surface area (Å²) in [5.74, 6) is 0.978. The molecule has 1 saturated carbocycles. The molecule has 0 radical (unpaired) electrons. The lowest BCUT2D eigenvalue weighted by atomic mass is 9.89. The van der Waals surface area contributed by atoms with E-state index in [1.165, 1.54) is 38.6 Å². The molecule has 0 unspecified atom stereocenters. The summed E-state index contributed by atoms with van der Waals surface area (Å²) in [5, 5.41) is 3.52. The quantitative estimate of drug-likeness (QED) is 0.664. The van der Waals surface area contributed by atoms with Gasteiger partial charge in [-0.2, -0.15) is 0 Å². The van der Waals surface area contributed by atoms with Crippen molar-refractivity contribution in [3.05, 3.63) is 0 Å². The van der Waals surface area contributed by atoms with Crippen LogP contribution in [-0.2, 0) is 0 Å². The summed E-state index contributed by atoms with van der Waals surface area (Å²) in [6.45, 7) is 5.70. The molecule has 1 nitrogen and oxygen atoms in total. The minimum Gasteiger partial charge on any atom is -0.314 e. The van der Waals surface area contributed by atoms with Crippen LogP contribution in [0.25, 0.3) is 0 Å². The van der Waals surface area contributed by atoms with Crippen LogP contribution < -0.4 is 5.32 Å². The number of hydrogen-bond acceptors (Lipinski definition) is 1. The van der Waals surface area contributed by atoms with E-state index in [4.69, 9.17) is 0 Å². The molecule has 0 aromatic carbocycles. The first kappa shape index (κ1) is 9.05. The zero-order chi connectivity index (χ0) is 8.10. The highest BCUT2D eigenvalue weighted by molar-refractivity contribution is 4.68. The molecule has 11 heavy (non-hydrogen) atoms. The zero-order valence-corrected chi connectivity index (χ0v) is 7.90. The zero-order valence-electron chi connectivity index (χ0n) is 7.90. The molecule has 0 spiro atoms. The number of nitrogens with one attached hydrogen (secondary N) is 1. The maximum absolute atomic E-state index is 3.52. The second-order valence-electron chi connectivity index (χ2n) is 4.07. The van der Waals surface area contributed by atoms with Crippen molar-refractivity contribution in [2.24, 2.45) is 5.92 Å². The fourth-order valence-corrected chi connectivity index (χ4v) is 1.79. The Morgan fingerprint density at radius 2 is 1.91 bits per heavy atom. The first-order valence-electron chi connectivity index (χ1n) is 5.02. The third kappa shape index (κ3) is 3.76. The van der Waals surface area contributed by atoms with Crippen LogP contribution >= 0.6 is 0 Å². The van der Waals surface area contributed by atoms with E-state index in [0.29, 0.717) is 6.04 Å². The van der Waals surface area contributed by atoms with E-state index < -0.39 is 0 Å². The van der Waals surface area contributed by atoms with E-state index >= 15 is 0 Å². The first-order chi connectivity index (χ1) is 5.29. The maximum atomic E-state index is 3.52. The lowest BCUT2D eigenvalue weighted by Gasteiger charge is -2.22. The van der Waals surface area contributed by atoms with Crippen molar-refractivity contribution >= 4 is 0 Å². The lowest BCUT2D eigenvalue weighted by Crippen LogP contribution is -2.29. The van der Waals surface area contributed by atoms with Gasteiger partial charge in [0.15, 0.2) is 0 Å². The molecule has 68 valence electrons. The Morgan fingerprint density at radius 3 is 2.45 bits per heavy atom. The van der Waals surface area contributed by atoms with Crippen molar-refractivity contribution in [3.63, 3.8) is 0 Å². The summed E-state index contributed by atoms with van der Waals surface area (Å²) in [5.41, 5.74) is 0. The van der Waals surface area contributed by atoms with Gasteiger partial charge >= 0.3 is 0 Å². The molecule has 1 rings (SSSR count). The molecule has 1 aliphatic rings. The average molecular weight is 157 g/mol. The van der Waals surface area contributed by atoms with Crippen LogP contribution in [0.15, 0.2) is 0 Å². The minimum atomic E-state index is 0. The molecule has 0 amide bonds. The van der Waals surface area contributed by atoms with E-state index in [9.17, 15) is 0 Å². The highest BCUT2D eigenvalue weighted by atomic mass is 14.9. The molecule has 0 aliphatic heterocycles. The predicted molar refractivity (Wildman–Crippen MR) is 51.8 cm³/mol. The Morgan fingerprint density at radius 1 is 1.27 bits per heavy atom. The molecule has 1 N–H and O–H groups in total. The second kappa shape index (κ2) is 4.76. The Balaban J connectivity index is 0.00000121. The molecule has 0 atom stereocenters. The van der Waals surface area contributed by atoms with Gasteiger partial charge in [-0.15, -0.1) is 0 Å². The molecular weight excluding hydrogens is 134 g/mol. The van der Waals surface area contributed by atoms with Crippen molar-refractivity contribution < 1.29 is 1.43 Å². The van der Waals surface area contributed by atoms with Crippen LogP contribution in [0, 0.1) is 5.92 Å². The molecular formula is C10H23N. The predicted octanol–water partition coefficient (Wildman–Crippen LogP) is 2.81. The summed E-state index contributed by atoms with van der Waals surface area (Å²) >= 11 is 0. The molecule has 0 saturated heterocycles. The monoisotopic (exact) mass is 157 g/mol. The van der Waals surface area contributed by atoms with Crippen LogP contribution in [0.1, 0.15) is 47.4 Å². The third-order valence-electron chi connectivity index (χ3n) is 2.54. The Hall–Kier alpha value is -0.0400. The molecule has 0 aromatic heterocycles. The molecule has 0 bridgehead atoms. The topological polar surface area (TPSA) is 12.0 Å². The standard InChI is InChI=1S/C10H21N.H2/c1-9(2)11-8-10-6-4-3-5-7-10;/h9-11H,3-8H2,1-2H3;1H. The average Bonchev–Trinajstić information content (AvgIpc) is 2.03. The van der Waals surface area contributed by atoms with Gasteiger partial charge in [-0.1, -0.05) is 33.1 Å². The van der Waals surface area contributed by atoms with Gasteiger partial charge in [0.1, 0.15) is 0 Å². The normalized spacial score (nSPS) is 21.0. The molecule has 1 fully saturated rings. The van der Waals surface area contributed by atoms with Gasteiger partial charge in [0, 0.05) is 7.47 Å². The Kier molecular flexibility index (Phi) is 3.92. The number of hydrogen-bond donors (Lipinski definition) is 1. The van der Waals surface area contributed by atoms with Crippen molar-refractivity contribution in [1.29, 1.82) is 0 Å². The first-order valence-corrected chi connectivity index (χ1v) is 5.02. The maximum Gasteiger partial charge on any atom is 0.00104 e. The molecule has 0 heterocycles. The van der Waals surface area contributed by atoms with E-state index in [1.54, 1.807) is 0 Å². The van der Waals surface area contributed by atoms with Crippen LogP contribution in [0.5, 0.6) is 0 Å². The van der Waals surface area contributed by atoms with Crippen LogP contribution in [0.3, 0.4) is 0 Å². The molecule has 1 heteroatoms. The van der Waals surface area contributed by atoms with Crippen LogP contribution in [0.4, 0.5) is 0 Å². The third-order valence-corrected chi connectivity index (χ3v) is 2.54. The van der Waals surface area contributed by atoms with Crippen molar-refractivity contribution in [2.45, 2.75) is 52.0 Å². The summed E-state index contributed by atoms with van der Waals surface area (Å²) in [4.78, 5) is 0. The second-order valence-corrected chi connectivity index (χ2v) is 4.07. The smallest absolute Gasteiger partial charge is 0.00104 e. The minimum absolute atomic E-state index is 0. The largest absolute Gasteiger partial charge is 0.314 e. The summed E-state index contributed by atoms with van der Waals surface area (Å²) in [6.07, 6.45) is 7.31. The Bertz CT molecular complexity index is 98.0. The summed E-state index contributed by atoms with van der Waals surface area (Å²) < 4.78 is 0. The van der Waals surface area contributed by atoms with Gasteiger partial charge < -0.3 is 5.32 Å². The summed E-state index contributed by atoms with van der Waals surface area (Å²) in [6, 6.07) is 0.664. The lowest BCUT2D eigenvalue weighted by molar-refractivity contribution is 0.334. The van der Waals surface area contributed by atoms with Gasteiger partial charge in [0.2, 0.25) is 0 Å². The van der Waals surface area contributed by atoms with E-state index in [-0.39, 0.29) is 1.43 Å². The van der Waals surface area contributed by atoms with E-state index in [2.05, 4.69) is 19.2 Å². The highest BCUT2D eigenvalue weighted by Crippen LogP contribution is 2.22. The Labute approximate surface area is 72.1 Å². The number of rotatable bonds is 3. The summed E-state index contributed by atoms with van der Waals surface area (Å²) in [7, 11) is 0. The van der Waals surface area contributed by atoms with Gasteiger partial charge in [0.25, 0.3) is 0 Å². The van der Waals surface area contributed by atoms with E-state index in [1.807, 2.05) is 0 Å². The highest BCUT2D eigenvalue weighted by Gasteiger charge is 2.12. The van der Waals surface area contributed by atoms with Crippen molar-refractivity contribution in [2.75, 3.05) is 6.54 Å². The SMILES string of the molecule is CC(C)NCC1CCCCC1.[HH].